The van der Waals surface area contributed by atoms with E-state index >= 15 is 0 Å². The van der Waals surface area contributed by atoms with Crippen LogP contribution in [0.5, 0.6) is 0 Å². The molecule has 2 heteroatoms. The van der Waals surface area contributed by atoms with Crippen molar-refractivity contribution in [3.8, 4) is 0 Å². The first-order valence-electron chi connectivity index (χ1n) is 7.12. The van der Waals surface area contributed by atoms with Gasteiger partial charge in [0.25, 0.3) is 0 Å². The van der Waals surface area contributed by atoms with Gasteiger partial charge in [0.1, 0.15) is 0 Å². The fourth-order valence-electron chi connectivity index (χ4n) is 2.51. The predicted octanol–water partition coefficient (Wildman–Crippen LogP) is 2.29. The fraction of sp³-hybridized carbons (Fsp3) is 0.625. The molecule has 3 N–H and O–H groups in total. The zero-order valence-electron chi connectivity index (χ0n) is 11.8. The summed E-state index contributed by atoms with van der Waals surface area (Å²) in [6.45, 7) is 7.18. The van der Waals surface area contributed by atoms with E-state index in [4.69, 9.17) is 5.73 Å². The molecule has 0 bridgehead atoms. The number of hydrogen-bond donors (Lipinski definition) is 2. The molecule has 1 aromatic rings. The van der Waals surface area contributed by atoms with Crippen molar-refractivity contribution < 1.29 is 0 Å². The van der Waals surface area contributed by atoms with Crippen LogP contribution < -0.4 is 11.1 Å². The number of nitrogens with two attached hydrogens (primary N) is 1. The second-order valence-electron chi connectivity index (χ2n) is 6.25. The Morgan fingerprint density at radius 2 is 2.00 bits per heavy atom. The molecule has 0 amide bonds. The summed E-state index contributed by atoms with van der Waals surface area (Å²) >= 11 is 0. The molecule has 0 heterocycles. The van der Waals surface area contributed by atoms with Gasteiger partial charge >= 0.3 is 0 Å². The Labute approximate surface area is 111 Å². The third-order valence-corrected chi connectivity index (χ3v) is 3.91. The van der Waals surface area contributed by atoms with Crippen molar-refractivity contribution in [3.05, 3.63) is 34.9 Å². The molecule has 1 aliphatic rings. The number of fused-ring (bicyclic) bond motifs is 1. The normalized spacial score (nSPS) is 14.8. The first-order valence-corrected chi connectivity index (χ1v) is 7.12. The summed E-state index contributed by atoms with van der Waals surface area (Å²) in [7, 11) is 0. The first kappa shape index (κ1) is 13.6. The Kier molecular flexibility index (Phi) is 4.41. The van der Waals surface area contributed by atoms with Crippen LogP contribution in [0.1, 0.15) is 37.0 Å². The summed E-state index contributed by atoms with van der Waals surface area (Å²) in [4.78, 5) is 0. The minimum absolute atomic E-state index is 0.206. The zero-order valence-corrected chi connectivity index (χ0v) is 11.8. The van der Waals surface area contributed by atoms with Crippen molar-refractivity contribution in [1.29, 1.82) is 0 Å². The minimum Gasteiger partial charge on any atom is -0.330 e. The molecular formula is C16H26N2. The van der Waals surface area contributed by atoms with E-state index in [0.717, 1.165) is 26.1 Å². The molecular weight excluding hydrogens is 220 g/mol. The lowest BCUT2D eigenvalue weighted by Gasteiger charge is -2.22. The quantitative estimate of drug-likeness (QED) is 0.756. The second kappa shape index (κ2) is 5.85. The van der Waals surface area contributed by atoms with E-state index < -0.39 is 0 Å². The van der Waals surface area contributed by atoms with Crippen molar-refractivity contribution in [2.75, 3.05) is 19.6 Å². The van der Waals surface area contributed by atoms with Crippen molar-refractivity contribution >= 4 is 0 Å². The van der Waals surface area contributed by atoms with Gasteiger partial charge in [-0.25, -0.2) is 0 Å². The Morgan fingerprint density at radius 1 is 1.22 bits per heavy atom. The summed E-state index contributed by atoms with van der Waals surface area (Å²) in [6.07, 6.45) is 5.00. The van der Waals surface area contributed by atoms with Crippen LogP contribution in [0.25, 0.3) is 0 Å². The summed E-state index contributed by atoms with van der Waals surface area (Å²) in [5, 5.41) is 3.51. The molecule has 0 atom stereocenters. The monoisotopic (exact) mass is 246 g/mol. The van der Waals surface area contributed by atoms with Crippen LogP contribution in [0.4, 0.5) is 0 Å². The zero-order chi connectivity index (χ0) is 13.0. The van der Waals surface area contributed by atoms with Crippen LogP contribution in [0, 0.1) is 5.41 Å². The van der Waals surface area contributed by atoms with Crippen LogP contribution in [-0.4, -0.2) is 19.6 Å². The van der Waals surface area contributed by atoms with Crippen LogP contribution in [-0.2, 0) is 19.3 Å². The van der Waals surface area contributed by atoms with Crippen molar-refractivity contribution in [3.63, 3.8) is 0 Å². The lowest BCUT2D eigenvalue weighted by molar-refractivity contribution is 0.353. The minimum atomic E-state index is 0.206. The molecule has 0 saturated carbocycles. The van der Waals surface area contributed by atoms with Gasteiger partial charge in [-0.15, -0.1) is 0 Å². The summed E-state index contributed by atoms with van der Waals surface area (Å²) in [5.74, 6) is 0. The van der Waals surface area contributed by atoms with Gasteiger partial charge in [0.05, 0.1) is 0 Å². The van der Waals surface area contributed by atoms with Crippen LogP contribution in [0.3, 0.4) is 0 Å². The van der Waals surface area contributed by atoms with Gasteiger partial charge in [-0.3, -0.25) is 0 Å². The van der Waals surface area contributed by atoms with Gasteiger partial charge in [0.15, 0.2) is 0 Å². The number of benzene rings is 1. The average molecular weight is 246 g/mol. The molecule has 0 radical (unpaired) electrons. The largest absolute Gasteiger partial charge is 0.330 e. The molecule has 0 aromatic heterocycles. The first-order chi connectivity index (χ1) is 8.61. The van der Waals surface area contributed by atoms with Gasteiger partial charge in [0, 0.05) is 6.54 Å². The SMILES string of the molecule is CC(C)(CN)CNCCc1ccc2c(c1)CCC2. The van der Waals surface area contributed by atoms with Gasteiger partial charge in [-0.1, -0.05) is 32.0 Å². The summed E-state index contributed by atoms with van der Waals surface area (Å²) in [5.41, 5.74) is 10.5. The molecule has 18 heavy (non-hydrogen) atoms. The summed E-state index contributed by atoms with van der Waals surface area (Å²) < 4.78 is 0. The molecule has 2 rings (SSSR count). The molecule has 0 aliphatic heterocycles. The Bertz CT molecular complexity index is 396. The summed E-state index contributed by atoms with van der Waals surface area (Å²) in [6, 6.07) is 7.01. The van der Waals surface area contributed by atoms with Gasteiger partial charge in [-0.05, 0) is 60.9 Å². The Hall–Kier alpha value is -0.860. The maximum absolute atomic E-state index is 5.72. The topological polar surface area (TPSA) is 38.0 Å². The van der Waals surface area contributed by atoms with E-state index in [1.807, 2.05) is 0 Å². The second-order valence-corrected chi connectivity index (χ2v) is 6.25. The molecule has 0 spiro atoms. The number of nitrogens with one attached hydrogen (secondary N) is 1. The maximum atomic E-state index is 5.72. The van der Waals surface area contributed by atoms with Gasteiger partial charge < -0.3 is 11.1 Å². The third kappa shape index (κ3) is 3.56. The highest BCUT2D eigenvalue weighted by Gasteiger charge is 2.14. The average Bonchev–Trinajstić information content (AvgIpc) is 2.82. The number of rotatable bonds is 6. The maximum Gasteiger partial charge on any atom is 0.00147 e. The van der Waals surface area contributed by atoms with Crippen LogP contribution in [0.2, 0.25) is 0 Å². The highest BCUT2D eigenvalue weighted by atomic mass is 14.9. The van der Waals surface area contributed by atoms with Crippen molar-refractivity contribution in [2.45, 2.75) is 39.5 Å². The predicted molar refractivity (Wildman–Crippen MR) is 77.9 cm³/mol. The van der Waals surface area contributed by atoms with Crippen LogP contribution >= 0.6 is 0 Å². The van der Waals surface area contributed by atoms with E-state index in [9.17, 15) is 0 Å². The molecule has 2 nitrogen and oxygen atoms in total. The lowest BCUT2D eigenvalue weighted by Crippen LogP contribution is -2.36. The van der Waals surface area contributed by atoms with Crippen molar-refractivity contribution in [1.82, 2.24) is 5.32 Å². The smallest absolute Gasteiger partial charge is 0.00147 e. The Balaban J connectivity index is 1.77. The number of hydrogen-bond acceptors (Lipinski definition) is 2. The molecule has 0 fully saturated rings. The molecule has 1 aromatic carbocycles. The van der Waals surface area contributed by atoms with E-state index in [0.29, 0.717) is 0 Å². The van der Waals surface area contributed by atoms with Gasteiger partial charge in [0.2, 0.25) is 0 Å². The van der Waals surface area contributed by atoms with Crippen LogP contribution in [0.15, 0.2) is 18.2 Å². The molecule has 0 unspecified atom stereocenters. The van der Waals surface area contributed by atoms with Crippen molar-refractivity contribution in [2.24, 2.45) is 11.1 Å². The third-order valence-electron chi connectivity index (χ3n) is 3.91. The highest BCUT2D eigenvalue weighted by molar-refractivity contribution is 5.35. The van der Waals surface area contributed by atoms with E-state index in [1.54, 1.807) is 11.1 Å². The van der Waals surface area contributed by atoms with E-state index in [-0.39, 0.29) is 5.41 Å². The van der Waals surface area contributed by atoms with E-state index in [2.05, 4.69) is 37.4 Å². The number of aryl methyl sites for hydroxylation is 2. The molecule has 1 aliphatic carbocycles. The molecule has 100 valence electrons. The fourth-order valence-corrected chi connectivity index (χ4v) is 2.51. The van der Waals surface area contributed by atoms with Gasteiger partial charge in [-0.2, -0.15) is 0 Å². The highest BCUT2D eigenvalue weighted by Crippen LogP contribution is 2.22. The van der Waals surface area contributed by atoms with E-state index in [1.165, 1.54) is 24.8 Å². The molecule has 0 saturated heterocycles. The lowest BCUT2D eigenvalue weighted by atomic mass is 9.94. The Morgan fingerprint density at radius 3 is 2.78 bits per heavy atom. The standard InChI is InChI=1S/C16H26N2/c1-16(2,11-17)12-18-9-8-13-6-7-14-4-3-5-15(14)10-13/h6-7,10,18H,3-5,8-9,11-12,17H2,1-2H3.